The van der Waals surface area contributed by atoms with Gasteiger partial charge in [-0.2, -0.15) is 5.26 Å². The number of imide groups is 1. The zero-order valence-corrected chi connectivity index (χ0v) is 9.30. The van der Waals surface area contributed by atoms with Crippen LogP contribution in [0.3, 0.4) is 0 Å². The molecule has 0 spiro atoms. The number of nitriles is 1. The van der Waals surface area contributed by atoms with E-state index in [2.05, 4.69) is 10.6 Å². The minimum absolute atomic E-state index is 0.144. The highest BCUT2D eigenvalue weighted by molar-refractivity contribution is 8.00. The molecule has 0 aromatic rings. The van der Waals surface area contributed by atoms with E-state index in [1.54, 1.807) is 0 Å². The molecule has 0 aliphatic carbocycles. The van der Waals surface area contributed by atoms with Gasteiger partial charge in [0.1, 0.15) is 6.04 Å². The van der Waals surface area contributed by atoms with Crippen LogP contribution in [0.1, 0.15) is 12.8 Å². The van der Waals surface area contributed by atoms with Gasteiger partial charge in [0, 0.05) is 6.42 Å². The van der Waals surface area contributed by atoms with Crippen LogP contribution in [0.15, 0.2) is 0 Å². The van der Waals surface area contributed by atoms with Crippen molar-refractivity contribution in [3.05, 3.63) is 0 Å². The van der Waals surface area contributed by atoms with Crippen LogP contribution in [0, 0.1) is 11.3 Å². The first-order valence-corrected chi connectivity index (χ1v) is 5.86. The number of amides is 3. The van der Waals surface area contributed by atoms with Crippen LogP contribution in [0.2, 0.25) is 0 Å². The summed E-state index contributed by atoms with van der Waals surface area (Å²) in [6.07, 6.45) is 0.571. The number of carbonyl (C=O) groups is 3. The van der Waals surface area contributed by atoms with Crippen molar-refractivity contribution < 1.29 is 14.4 Å². The molecular weight excluding hydrogens is 230 g/mol. The van der Waals surface area contributed by atoms with E-state index >= 15 is 0 Å². The molecule has 0 radical (unpaired) electrons. The minimum Gasteiger partial charge on any atom is -0.344 e. The normalized spacial score (nSPS) is 19.8. The smallest absolute Gasteiger partial charge is 0.249 e. The third kappa shape index (κ3) is 3.90. The highest BCUT2D eigenvalue weighted by atomic mass is 32.2. The molecule has 0 aromatic carbocycles. The van der Waals surface area contributed by atoms with Gasteiger partial charge in [0.25, 0.3) is 0 Å². The van der Waals surface area contributed by atoms with Crippen LogP contribution in [0.5, 0.6) is 0 Å². The second-order valence-electron chi connectivity index (χ2n) is 3.22. The zero-order valence-electron chi connectivity index (χ0n) is 8.49. The molecule has 2 N–H and O–H groups in total. The van der Waals surface area contributed by atoms with Gasteiger partial charge < -0.3 is 5.32 Å². The average Bonchev–Trinajstić information content (AvgIpc) is 2.23. The molecule has 1 atom stereocenters. The van der Waals surface area contributed by atoms with Crippen molar-refractivity contribution in [2.75, 3.05) is 11.5 Å². The van der Waals surface area contributed by atoms with Crippen LogP contribution >= 0.6 is 11.8 Å². The Hall–Kier alpha value is -1.55. The summed E-state index contributed by atoms with van der Waals surface area (Å²) in [5.74, 6) is -0.687. The SMILES string of the molecule is N#CCSCC(=O)NC1CCC(=O)NC1=O. The van der Waals surface area contributed by atoms with E-state index in [1.165, 1.54) is 11.8 Å². The third-order valence-corrected chi connectivity index (χ3v) is 2.77. The van der Waals surface area contributed by atoms with Crippen molar-refractivity contribution in [3.63, 3.8) is 0 Å². The first-order valence-electron chi connectivity index (χ1n) is 4.71. The second kappa shape index (κ2) is 6.12. The quantitative estimate of drug-likeness (QED) is 0.494. The lowest BCUT2D eigenvalue weighted by Crippen LogP contribution is -2.52. The molecule has 7 heteroatoms. The number of hydrogen-bond donors (Lipinski definition) is 2. The van der Waals surface area contributed by atoms with E-state index in [0.29, 0.717) is 6.42 Å². The molecular formula is C9H11N3O3S. The van der Waals surface area contributed by atoms with E-state index in [4.69, 9.17) is 5.26 Å². The molecule has 1 heterocycles. The average molecular weight is 241 g/mol. The molecule has 0 bridgehead atoms. The van der Waals surface area contributed by atoms with Crippen molar-refractivity contribution in [2.24, 2.45) is 0 Å². The molecule has 1 aliphatic rings. The largest absolute Gasteiger partial charge is 0.344 e. The van der Waals surface area contributed by atoms with Crippen LogP contribution in [0.4, 0.5) is 0 Å². The Bertz CT molecular complexity index is 350. The van der Waals surface area contributed by atoms with Crippen molar-refractivity contribution in [3.8, 4) is 6.07 Å². The number of piperidine rings is 1. The Balaban J connectivity index is 2.31. The number of nitrogens with one attached hydrogen (secondary N) is 2. The molecule has 0 aromatic heterocycles. The number of hydrogen-bond acceptors (Lipinski definition) is 5. The van der Waals surface area contributed by atoms with E-state index < -0.39 is 11.9 Å². The summed E-state index contributed by atoms with van der Waals surface area (Å²) in [5.41, 5.74) is 0. The van der Waals surface area contributed by atoms with Crippen molar-refractivity contribution in [1.29, 1.82) is 5.26 Å². The van der Waals surface area contributed by atoms with E-state index in [1.807, 2.05) is 6.07 Å². The molecule has 1 saturated heterocycles. The topological polar surface area (TPSA) is 99.1 Å². The molecule has 1 unspecified atom stereocenters. The van der Waals surface area contributed by atoms with Gasteiger partial charge in [0.2, 0.25) is 17.7 Å². The predicted octanol–water partition coefficient (Wildman–Crippen LogP) is -0.835. The van der Waals surface area contributed by atoms with Crippen LogP contribution in [0.25, 0.3) is 0 Å². The molecule has 86 valence electrons. The van der Waals surface area contributed by atoms with Gasteiger partial charge in [-0.05, 0) is 6.42 Å². The monoisotopic (exact) mass is 241 g/mol. The molecule has 1 rings (SSSR count). The lowest BCUT2D eigenvalue weighted by molar-refractivity contribution is -0.136. The van der Waals surface area contributed by atoms with E-state index in [-0.39, 0.29) is 29.7 Å². The fraction of sp³-hybridized carbons (Fsp3) is 0.556. The van der Waals surface area contributed by atoms with Gasteiger partial charge in [-0.3, -0.25) is 19.7 Å². The summed E-state index contributed by atoms with van der Waals surface area (Å²) < 4.78 is 0. The maximum absolute atomic E-state index is 11.3. The van der Waals surface area contributed by atoms with Crippen LogP contribution in [-0.2, 0) is 14.4 Å². The molecule has 1 fully saturated rings. The second-order valence-corrected chi connectivity index (χ2v) is 4.21. The first-order chi connectivity index (χ1) is 7.63. The van der Waals surface area contributed by atoms with Gasteiger partial charge in [-0.25, -0.2) is 0 Å². The summed E-state index contributed by atoms with van der Waals surface area (Å²) in [6.45, 7) is 0. The maximum Gasteiger partial charge on any atom is 0.249 e. The number of rotatable bonds is 4. The lowest BCUT2D eigenvalue weighted by Gasteiger charge is -2.21. The molecule has 1 aliphatic heterocycles. The Morgan fingerprint density at radius 1 is 1.62 bits per heavy atom. The van der Waals surface area contributed by atoms with Crippen molar-refractivity contribution >= 4 is 29.5 Å². The highest BCUT2D eigenvalue weighted by Gasteiger charge is 2.27. The van der Waals surface area contributed by atoms with Crippen LogP contribution in [-0.4, -0.2) is 35.3 Å². The van der Waals surface area contributed by atoms with Crippen LogP contribution < -0.4 is 10.6 Å². The van der Waals surface area contributed by atoms with E-state index in [0.717, 1.165) is 0 Å². The zero-order chi connectivity index (χ0) is 12.0. The Kier molecular flexibility index (Phi) is 4.79. The highest BCUT2D eigenvalue weighted by Crippen LogP contribution is 2.05. The van der Waals surface area contributed by atoms with Gasteiger partial charge >= 0.3 is 0 Å². The third-order valence-electron chi connectivity index (χ3n) is 1.97. The summed E-state index contributed by atoms with van der Waals surface area (Å²) in [5, 5.41) is 12.9. The van der Waals surface area contributed by atoms with Gasteiger partial charge in [-0.1, -0.05) is 0 Å². The van der Waals surface area contributed by atoms with Gasteiger partial charge in [0.05, 0.1) is 17.6 Å². The Morgan fingerprint density at radius 3 is 3.00 bits per heavy atom. The van der Waals surface area contributed by atoms with Crippen molar-refractivity contribution in [2.45, 2.75) is 18.9 Å². The van der Waals surface area contributed by atoms with Crippen molar-refractivity contribution in [1.82, 2.24) is 10.6 Å². The summed E-state index contributed by atoms with van der Waals surface area (Å²) in [4.78, 5) is 33.4. The minimum atomic E-state index is -0.632. The molecule has 16 heavy (non-hydrogen) atoms. The lowest BCUT2D eigenvalue weighted by atomic mass is 10.1. The summed E-state index contributed by atoms with van der Waals surface area (Å²) >= 11 is 1.18. The molecule has 3 amide bonds. The van der Waals surface area contributed by atoms with E-state index in [9.17, 15) is 14.4 Å². The summed E-state index contributed by atoms with van der Waals surface area (Å²) in [6, 6.07) is 1.27. The fourth-order valence-corrected chi connectivity index (χ4v) is 1.72. The van der Waals surface area contributed by atoms with Gasteiger partial charge in [-0.15, -0.1) is 11.8 Å². The maximum atomic E-state index is 11.3. The predicted molar refractivity (Wildman–Crippen MR) is 57.3 cm³/mol. The number of thioether (sulfide) groups is 1. The Morgan fingerprint density at radius 2 is 2.38 bits per heavy atom. The molecule has 0 saturated carbocycles. The first kappa shape index (κ1) is 12.5. The fourth-order valence-electron chi connectivity index (χ4n) is 1.26. The Labute approximate surface area is 96.8 Å². The standard InChI is InChI=1S/C9H11N3O3S/c10-3-4-16-5-8(14)11-6-1-2-7(13)12-9(6)15/h6H,1-2,4-5H2,(H,11,14)(H,12,13,15). The number of nitrogens with zero attached hydrogens (tertiary/aromatic N) is 1. The number of carbonyl (C=O) groups excluding carboxylic acids is 3. The summed E-state index contributed by atoms with van der Waals surface area (Å²) in [7, 11) is 0. The molecule has 6 nitrogen and oxygen atoms in total. The van der Waals surface area contributed by atoms with Gasteiger partial charge in [0.15, 0.2) is 0 Å².